The van der Waals surface area contributed by atoms with E-state index in [0.29, 0.717) is 11.5 Å². The van der Waals surface area contributed by atoms with E-state index >= 15 is 0 Å². The summed E-state index contributed by atoms with van der Waals surface area (Å²) < 4.78 is 11.0. The van der Waals surface area contributed by atoms with E-state index in [9.17, 15) is 13.8 Å². The summed E-state index contributed by atoms with van der Waals surface area (Å²) in [6.45, 7) is 0.0697. The molecule has 1 saturated heterocycles. The van der Waals surface area contributed by atoms with Gasteiger partial charge in [-0.3, -0.25) is 14.3 Å². The molecule has 1 heterocycles. The van der Waals surface area contributed by atoms with Crippen molar-refractivity contribution < 1.29 is 13.8 Å². The molecule has 0 aromatic carbocycles. The first kappa shape index (κ1) is 12.1. The number of nitrogens with one attached hydrogen (secondary N) is 2. The van der Waals surface area contributed by atoms with Gasteiger partial charge in [0.2, 0.25) is 5.91 Å². The van der Waals surface area contributed by atoms with Crippen LogP contribution >= 0.6 is 0 Å². The van der Waals surface area contributed by atoms with E-state index < -0.39 is 22.7 Å². The molecule has 6 nitrogen and oxygen atoms in total. The van der Waals surface area contributed by atoms with Crippen LogP contribution in [0.4, 0.5) is 4.79 Å². The van der Waals surface area contributed by atoms with E-state index in [1.807, 2.05) is 5.32 Å². The second-order valence-electron chi connectivity index (χ2n) is 3.42. The van der Waals surface area contributed by atoms with Gasteiger partial charge in [-0.2, -0.15) is 0 Å². The van der Waals surface area contributed by atoms with Crippen molar-refractivity contribution in [1.29, 1.82) is 0 Å². The zero-order valence-electron chi connectivity index (χ0n) is 8.32. The molecule has 0 bridgehead atoms. The van der Waals surface area contributed by atoms with Gasteiger partial charge in [-0.25, -0.2) is 4.79 Å². The fourth-order valence-corrected chi connectivity index (χ4v) is 2.72. The Bertz CT molecular complexity index is 272. The number of carbonyl (C=O) groups is 2. The highest BCUT2D eigenvalue weighted by atomic mass is 32.2. The van der Waals surface area contributed by atoms with Gasteiger partial charge in [0, 0.05) is 28.3 Å². The number of imide groups is 1. The summed E-state index contributed by atoms with van der Waals surface area (Å²) in [5.74, 6) is 0.915. The molecule has 1 aliphatic rings. The molecule has 0 atom stereocenters. The second-order valence-corrected chi connectivity index (χ2v) is 5.11. The third-order valence-corrected chi connectivity index (χ3v) is 3.58. The van der Waals surface area contributed by atoms with Gasteiger partial charge >= 0.3 is 6.03 Å². The van der Waals surface area contributed by atoms with Gasteiger partial charge in [-0.15, -0.1) is 0 Å². The fourth-order valence-electron chi connectivity index (χ4n) is 1.42. The first-order valence-electron chi connectivity index (χ1n) is 4.75. The molecule has 4 N–H and O–H groups in total. The first-order chi connectivity index (χ1) is 7.08. The van der Waals surface area contributed by atoms with E-state index in [1.54, 1.807) is 0 Å². The molecule has 0 radical (unpaired) electrons. The van der Waals surface area contributed by atoms with E-state index in [1.165, 1.54) is 0 Å². The van der Waals surface area contributed by atoms with Crippen molar-refractivity contribution in [2.45, 2.75) is 18.9 Å². The molecule has 86 valence electrons. The number of amides is 3. The highest BCUT2D eigenvalue weighted by molar-refractivity contribution is 7.85. The molecule has 15 heavy (non-hydrogen) atoms. The predicted molar refractivity (Wildman–Crippen MR) is 56.6 cm³/mol. The van der Waals surface area contributed by atoms with E-state index in [0.717, 1.165) is 12.8 Å². The van der Waals surface area contributed by atoms with Crippen molar-refractivity contribution in [2.24, 2.45) is 5.73 Å². The summed E-state index contributed by atoms with van der Waals surface area (Å²) in [5, 5.41) is 4.96. The predicted octanol–water partition coefficient (Wildman–Crippen LogP) is -1.32. The van der Waals surface area contributed by atoms with Crippen LogP contribution in [0.15, 0.2) is 0 Å². The van der Waals surface area contributed by atoms with Crippen molar-refractivity contribution in [2.75, 3.05) is 18.1 Å². The molecule has 0 aromatic rings. The minimum absolute atomic E-state index is 0.0697. The van der Waals surface area contributed by atoms with Crippen molar-refractivity contribution >= 4 is 22.7 Å². The molecule has 3 amide bonds. The number of carbonyl (C=O) groups excluding carboxylic acids is 2. The summed E-state index contributed by atoms with van der Waals surface area (Å²) in [6.07, 6.45) is 1.60. The topological polar surface area (TPSA) is 101 Å². The smallest absolute Gasteiger partial charge is 0.318 e. The molecule has 1 rings (SSSR count). The van der Waals surface area contributed by atoms with Crippen LogP contribution in [0.25, 0.3) is 0 Å². The SMILES string of the molecule is NC(=O)NC(=O)CNC1CCS(=O)CC1. The van der Waals surface area contributed by atoms with Crippen LogP contribution in [0, 0.1) is 0 Å². The Morgan fingerprint density at radius 1 is 1.33 bits per heavy atom. The largest absolute Gasteiger partial charge is 0.351 e. The van der Waals surface area contributed by atoms with Crippen molar-refractivity contribution in [3.63, 3.8) is 0 Å². The average Bonchev–Trinajstić information content (AvgIpc) is 2.16. The Hall–Kier alpha value is -0.950. The number of hydrogen-bond acceptors (Lipinski definition) is 4. The number of urea groups is 1. The molecule has 0 saturated carbocycles. The zero-order chi connectivity index (χ0) is 11.3. The Balaban J connectivity index is 2.17. The molecule has 7 heteroatoms. The second kappa shape index (κ2) is 5.82. The lowest BCUT2D eigenvalue weighted by Gasteiger charge is -2.22. The third kappa shape index (κ3) is 4.89. The standard InChI is InChI=1S/C8H15N3O3S/c9-8(13)11-7(12)5-10-6-1-3-15(14)4-2-6/h6,10H,1-5H2,(H3,9,11,12,13). The minimum atomic E-state index is -0.841. The summed E-state index contributed by atoms with van der Waals surface area (Å²) in [7, 11) is -0.699. The highest BCUT2D eigenvalue weighted by Gasteiger charge is 2.18. The number of hydrogen-bond donors (Lipinski definition) is 3. The molecular weight excluding hydrogens is 218 g/mol. The molecular formula is C8H15N3O3S. The lowest BCUT2D eigenvalue weighted by molar-refractivity contribution is -0.119. The first-order valence-corrected chi connectivity index (χ1v) is 6.24. The lowest BCUT2D eigenvalue weighted by Crippen LogP contribution is -2.44. The monoisotopic (exact) mass is 233 g/mol. The maximum atomic E-state index is 11.0. The quantitative estimate of drug-likeness (QED) is 0.563. The maximum Gasteiger partial charge on any atom is 0.318 e. The minimum Gasteiger partial charge on any atom is -0.351 e. The third-order valence-electron chi connectivity index (χ3n) is 2.20. The van der Waals surface area contributed by atoms with Crippen molar-refractivity contribution in [3.05, 3.63) is 0 Å². The molecule has 0 spiro atoms. The van der Waals surface area contributed by atoms with Crippen LogP contribution in [-0.4, -0.2) is 40.2 Å². The van der Waals surface area contributed by atoms with Gasteiger partial charge in [0.05, 0.1) is 6.54 Å². The number of primary amides is 1. The van der Waals surface area contributed by atoms with Gasteiger partial charge < -0.3 is 11.1 Å². The van der Waals surface area contributed by atoms with Gasteiger partial charge in [0.1, 0.15) is 0 Å². The van der Waals surface area contributed by atoms with Crippen LogP contribution in [0.3, 0.4) is 0 Å². The molecule has 0 unspecified atom stereocenters. The summed E-state index contributed by atoms with van der Waals surface area (Å²) in [4.78, 5) is 21.4. The lowest BCUT2D eigenvalue weighted by atomic mass is 10.1. The van der Waals surface area contributed by atoms with Gasteiger partial charge in [0.15, 0.2) is 0 Å². The van der Waals surface area contributed by atoms with Crippen LogP contribution in [0.1, 0.15) is 12.8 Å². The summed E-state index contributed by atoms with van der Waals surface area (Å²) >= 11 is 0. The molecule has 0 aliphatic carbocycles. The van der Waals surface area contributed by atoms with Crippen molar-refractivity contribution in [3.8, 4) is 0 Å². The molecule has 1 fully saturated rings. The molecule has 0 aromatic heterocycles. The zero-order valence-corrected chi connectivity index (χ0v) is 9.14. The number of nitrogens with two attached hydrogens (primary N) is 1. The van der Waals surface area contributed by atoms with Crippen LogP contribution in [-0.2, 0) is 15.6 Å². The Morgan fingerprint density at radius 2 is 1.93 bits per heavy atom. The van der Waals surface area contributed by atoms with Crippen molar-refractivity contribution in [1.82, 2.24) is 10.6 Å². The average molecular weight is 233 g/mol. The Morgan fingerprint density at radius 3 is 2.47 bits per heavy atom. The summed E-state index contributed by atoms with van der Waals surface area (Å²) in [5.41, 5.74) is 4.78. The normalized spacial score (nSPS) is 25.9. The van der Waals surface area contributed by atoms with Gasteiger partial charge in [0.25, 0.3) is 0 Å². The Kier molecular flexibility index (Phi) is 4.70. The van der Waals surface area contributed by atoms with E-state index in [4.69, 9.17) is 5.73 Å². The molecule has 1 aliphatic heterocycles. The van der Waals surface area contributed by atoms with Gasteiger partial charge in [-0.1, -0.05) is 0 Å². The fraction of sp³-hybridized carbons (Fsp3) is 0.750. The van der Waals surface area contributed by atoms with Gasteiger partial charge in [-0.05, 0) is 12.8 Å². The van der Waals surface area contributed by atoms with E-state index in [-0.39, 0.29) is 12.6 Å². The van der Waals surface area contributed by atoms with Crippen LogP contribution < -0.4 is 16.4 Å². The maximum absolute atomic E-state index is 11.0. The van der Waals surface area contributed by atoms with E-state index in [2.05, 4.69) is 5.32 Å². The van der Waals surface area contributed by atoms with Crippen LogP contribution in [0.5, 0.6) is 0 Å². The summed E-state index contributed by atoms with van der Waals surface area (Å²) in [6, 6.07) is -0.632. The number of rotatable bonds is 3. The van der Waals surface area contributed by atoms with Crippen LogP contribution in [0.2, 0.25) is 0 Å². The highest BCUT2D eigenvalue weighted by Crippen LogP contribution is 2.08. The Labute approximate surface area is 90.4 Å².